The van der Waals surface area contributed by atoms with Crippen molar-refractivity contribution >= 4 is 5.65 Å². The molecule has 0 saturated carbocycles. The Morgan fingerprint density at radius 3 is 2.80 bits per heavy atom. The fourth-order valence-corrected chi connectivity index (χ4v) is 3.13. The molecule has 0 aliphatic carbocycles. The Labute approximate surface area is 120 Å². The Morgan fingerprint density at radius 1 is 1.25 bits per heavy atom. The van der Waals surface area contributed by atoms with Gasteiger partial charge in [0.15, 0.2) is 0 Å². The molecule has 0 aromatic carbocycles. The van der Waals surface area contributed by atoms with Crippen LogP contribution in [0.15, 0.2) is 24.5 Å². The molecule has 0 unspecified atom stereocenters. The number of piperidine rings is 1. The van der Waals surface area contributed by atoms with Crippen LogP contribution in [0, 0.1) is 12.8 Å². The summed E-state index contributed by atoms with van der Waals surface area (Å²) in [5.74, 6) is 0.833. The molecule has 4 nitrogen and oxygen atoms in total. The Kier molecular flexibility index (Phi) is 4.03. The van der Waals surface area contributed by atoms with Gasteiger partial charge in [-0.3, -0.25) is 4.90 Å². The molecule has 0 spiro atoms. The molecule has 2 aromatic rings. The zero-order chi connectivity index (χ0) is 13.9. The largest absolute Gasteiger partial charge is 0.330 e. The van der Waals surface area contributed by atoms with Gasteiger partial charge in [-0.2, -0.15) is 0 Å². The van der Waals surface area contributed by atoms with Gasteiger partial charge in [-0.25, -0.2) is 4.98 Å². The van der Waals surface area contributed by atoms with E-state index >= 15 is 0 Å². The SMILES string of the molecule is Cc1ccc2nc(CN3CCC(CCN)CC3)cn2c1. The van der Waals surface area contributed by atoms with Gasteiger partial charge in [-0.05, 0) is 63.4 Å². The van der Waals surface area contributed by atoms with Crippen molar-refractivity contribution in [3.63, 3.8) is 0 Å². The van der Waals surface area contributed by atoms with E-state index in [0.29, 0.717) is 0 Å². The predicted octanol–water partition coefficient (Wildman–Crippen LogP) is 2.20. The number of aromatic nitrogens is 2. The monoisotopic (exact) mass is 272 g/mol. The van der Waals surface area contributed by atoms with Crippen LogP contribution >= 0.6 is 0 Å². The zero-order valence-corrected chi connectivity index (χ0v) is 12.3. The van der Waals surface area contributed by atoms with Gasteiger partial charge in [0.2, 0.25) is 0 Å². The quantitative estimate of drug-likeness (QED) is 0.928. The minimum Gasteiger partial charge on any atom is -0.330 e. The Hall–Kier alpha value is -1.39. The number of likely N-dealkylation sites (tertiary alicyclic amines) is 1. The second-order valence-corrected chi connectivity index (χ2v) is 6.00. The summed E-state index contributed by atoms with van der Waals surface area (Å²) in [5, 5.41) is 0. The highest BCUT2D eigenvalue weighted by Gasteiger charge is 2.19. The number of rotatable bonds is 4. The normalized spacial score (nSPS) is 17.9. The molecule has 3 heterocycles. The third-order valence-corrected chi connectivity index (χ3v) is 4.32. The average Bonchev–Trinajstić information content (AvgIpc) is 2.82. The zero-order valence-electron chi connectivity index (χ0n) is 12.3. The van der Waals surface area contributed by atoms with Gasteiger partial charge < -0.3 is 10.1 Å². The summed E-state index contributed by atoms with van der Waals surface area (Å²) in [6.45, 7) is 6.27. The third-order valence-electron chi connectivity index (χ3n) is 4.32. The predicted molar refractivity (Wildman–Crippen MR) is 81.6 cm³/mol. The number of hydrogen-bond donors (Lipinski definition) is 1. The molecule has 4 heteroatoms. The summed E-state index contributed by atoms with van der Waals surface area (Å²) in [6.07, 6.45) is 8.04. The molecule has 2 N–H and O–H groups in total. The van der Waals surface area contributed by atoms with Crippen LogP contribution in [-0.4, -0.2) is 33.9 Å². The molecule has 0 amide bonds. The smallest absolute Gasteiger partial charge is 0.137 e. The first kappa shape index (κ1) is 13.6. The van der Waals surface area contributed by atoms with Crippen LogP contribution in [0.3, 0.4) is 0 Å². The van der Waals surface area contributed by atoms with E-state index in [0.717, 1.165) is 24.7 Å². The molecular formula is C16H24N4. The molecule has 0 bridgehead atoms. The van der Waals surface area contributed by atoms with Crippen LogP contribution in [0.1, 0.15) is 30.5 Å². The van der Waals surface area contributed by atoms with E-state index in [1.165, 1.54) is 43.6 Å². The van der Waals surface area contributed by atoms with Gasteiger partial charge in [-0.1, -0.05) is 6.07 Å². The van der Waals surface area contributed by atoms with Gasteiger partial charge in [0.1, 0.15) is 5.65 Å². The minimum absolute atomic E-state index is 0.830. The molecule has 0 atom stereocenters. The van der Waals surface area contributed by atoms with Crippen LogP contribution in [0.2, 0.25) is 0 Å². The van der Waals surface area contributed by atoms with Crippen molar-refractivity contribution in [3.05, 3.63) is 35.8 Å². The van der Waals surface area contributed by atoms with E-state index in [-0.39, 0.29) is 0 Å². The first-order valence-electron chi connectivity index (χ1n) is 7.61. The number of pyridine rings is 1. The second kappa shape index (κ2) is 5.94. The molecule has 1 aliphatic rings. The first-order valence-corrected chi connectivity index (χ1v) is 7.61. The van der Waals surface area contributed by atoms with Crippen molar-refractivity contribution in [2.75, 3.05) is 19.6 Å². The van der Waals surface area contributed by atoms with Gasteiger partial charge in [0.25, 0.3) is 0 Å². The molecule has 1 saturated heterocycles. The highest BCUT2D eigenvalue weighted by Crippen LogP contribution is 2.21. The summed E-state index contributed by atoms with van der Waals surface area (Å²) >= 11 is 0. The molecule has 108 valence electrons. The number of aryl methyl sites for hydroxylation is 1. The van der Waals surface area contributed by atoms with Crippen LogP contribution in [0.5, 0.6) is 0 Å². The summed E-state index contributed by atoms with van der Waals surface area (Å²) in [4.78, 5) is 7.22. The number of nitrogens with zero attached hydrogens (tertiary/aromatic N) is 3. The molecule has 1 fully saturated rings. The number of hydrogen-bond acceptors (Lipinski definition) is 3. The van der Waals surface area contributed by atoms with Crippen molar-refractivity contribution in [1.82, 2.24) is 14.3 Å². The Balaban J connectivity index is 1.62. The fourth-order valence-electron chi connectivity index (χ4n) is 3.13. The maximum absolute atomic E-state index is 5.65. The van der Waals surface area contributed by atoms with Crippen molar-refractivity contribution < 1.29 is 0 Å². The van der Waals surface area contributed by atoms with Crippen LogP contribution in [0.4, 0.5) is 0 Å². The summed E-state index contributed by atoms with van der Waals surface area (Å²) in [6, 6.07) is 4.21. The van der Waals surface area contributed by atoms with E-state index in [2.05, 4.69) is 40.8 Å². The number of imidazole rings is 1. The van der Waals surface area contributed by atoms with Crippen LogP contribution in [0.25, 0.3) is 5.65 Å². The van der Waals surface area contributed by atoms with Crippen molar-refractivity contribution in [2.24, 2.45) is 11.7 Å². The molecule has 1 aliphatic heterocycles. The van der Waals surface area contributed by atoms with E-state index in [9.17, 15) is 0 Å². The van der Waals surface area contributed by atoms with Crippen LogP contribution < -0.4 is 5.73 Å². The van der Waals surface area contributed by atoms with E-state index in [1.54, 1.807) is 0 Å². The highest BCUT2D eigenvalue weighted by molar-refractivity contribution is 5.41. The van der Waals surface area contributed by atoms with Gasteiger partial charge in [0.05, 0.1) is 5.69 Å². The van der Waals surface area contributed by atoms with Crippen molar-refractivity contribution in [2.45, 2.75) is 32.7 Å². The topological polar surface area (TPSA) is 46.6 Å². The van der Waals surface area contributed by atoms with Gasteiger partial charge in [0, 0.05) is 18.9 Å². The summed E-state index contributed by atoms with van der Waals surface area (Å²) in [5.41, 5.74) is 9.13. The van der Waals surface area contributed by atoms with Crippen LogP contribution in [-0.2, 0) is 6.54 Å². The van der Waals surface area contributed by atoms with Gasteiger partial charge in [-0.15, -0.1) is 0 Å². The molecule has 2 aromatic heterocycles. The number of fused-ring (bicyclic) bond motifs is 1. The first-order chi connectivity index (χ1) is 9.74. The second-order valence-electron chi connectivity index (χ2n) is 6.00. The third kappa shape index (κ3) is 3.02. The molecule has 3 rings (SSSR count). The summed E-state index contributed by atoms with van der Waals surface area (Å²) < 4.78 is 2.13. The van der Waals surface area contributed by atoms with E-state index in [4.69, 9.17) is 10.7 Å². The van der Waals surface area contributed by atoms with Gasteiger partial charge >= 0.3 is 0 Å². The average molecular weight is 272 g/mol. The maximum atomic E-state index is 5.65. The van der Waals surface area contributed by atoms with E-state index in [1.807, 2.05) is 0 Å². The lowest BCUT2D eigenvalue weighted by atomic mass is 9.93. The lowest BCUT2D eigenvalue weighted by molar-refractivity contribution is 0.172. The fraction of sp³-hybridized carbons (Fsp3) is 0.562. The molecule has 20 heavy (non-hydrogen) atoms. The number of nitrogens with two attached hydrogens (primary N) is 1. The summed E-state index contributed by atoms with van der Waals surface area (Å²) in [7, 11) is 0. The highest BCUT2D eigenvalue weighted by atomic mass is 15.1. The van der Waals surface area contributed by atoms with Crippen molar-refractivity contribution in [3.8, 4) is 0 Å². The Morgan fingerprint density at radius 2 is 2.05 bits per heavy atom. The molecule has 0 radical (unpaired) electrons. The minimum atomic E-state index is 0.830. The lowest BCUT2D eigenvalue weighted by Gasteiger charge is -2.31. The standard InChI is InChI=1S/C16H24N4/c1-13-2-3-16-18-15(12-20(16)10-13)11-19-8-5-14(4-7-17)6-9-19/h2-3,10,12,14H,4-9,11,17H2,1H3. The maximum Gasteiger partial charge on any atom is 0.137 e. The van der Waals surface area contributed by atoms with E-state index < -0.39 is 0 Å². The lowest BCUT2D eigenvalue weighted by Crippen LogP contribution is -2.33. The Bertz CT molecular complexity index is 567. The molecular weight excluding hydrogens is 248 g/mol. The van der Waals surface area contributed by atoms with Crippen molar-refractivity contribution in [1.29, 1.82) is 0 Å².